The Morgan fingerprint density at radius 2 is 1.76 bits per heavy atom. The van der Waals surface area contributed by atoms with Crippen LogP contribution < -0.4 is 0 Å². The zero-order chi connectivity index (χ0) is 12.8. The predicted molar refractivity (Wildman–Crippen MR) is 73.4 cm³/mol. The Balaban J connectivity index is 2.87. The molecule has 0 N–H and O–H groups in total. The van der Waals surface area contributed by atoms with Crippen molar-refractivity contribution >= 4 is 35.2 Å². The first-order valence-corrected chi connectivity index (χ1v) is 6.26. The lowest BCUT2D eigenvalue weighted by molar-refractivity contribution is -0.125. The van der Waals surface area contributed by atoms with Gasteiger partial charge >= 0.3 is 0 Å². The number of hydrogen-bond donors (Lipinski definition) is 0. The van der Waals surface area contributed by atoms with E-state index in [9.17, 15) is 4.79 Å². The van der Waals surface area contributed by atoms with Crippen molar-refractivity contribution in [2.24, 2.45) is 0 Å². The van der Waals surface area contributed by atoms with Crippen LogP contribution in [0, 0.1) is 0 Å². The van der Waals surface area contributed by atoms with Gasteiger partial charge in [0.1, 0.15) is 0 Å². The number of nitrogens with zero attached hydrogens (tertiary/aromatic N) is 1. The van der Waals surface area contributed by atoms with Crippen molar-refractivity contribution in [3.8, 4) is 0 Å². The molecule has 0 unspecified atom stereocenters. The van der Waals surface area contributed by atoms with Gasteiger partial charge in [-0.25, -0.2) is 0 Å². The molecule has 0 heterocycles. The lowest BCUT2D eigenvalue weighted by atomic mass is 10.2. The van der Waals surface area contributed by atoms with Crippen LogP contribution in [0.15, 0.2) is 24.3 Å². The van der Waals surface area contributed by atoms with Crippen LogP contribution in [0.25, 0.3) is 6.08 Å². The number of benzene rings is 1. The number of likely N-dealkylation sites (N-methyl/N-ethyl adjacent to an activating group) is 1. The van der Waals surface area contributed by atoms with Crippen LogP contribution in [0.3, 0.4) is 0 Å². The number of carbonyl (C=O) groups excluding carboxylic acids is 1. The van der Waals surface area contributed by atoms with Crippen LogP contribution >= 0.6 is 23.2 Å². The third-order valence-electron chi connectivity index (χ3n) is 2.47. The van der Waals surface area contributed by atoms with Crippen LogP contribution in [0.1, 0.15) is 19.4 Å². The number of halogens is 2. The van der Waals surface area contributed by atoms with Gasteiger partial charge in [0.2, 0.25) is 5.91 Å². The van der Waals surface area contributed by atoms with Crippen molar-refractivity contribution in [1.82, 2.24) is 4.90 Å². The van der Waals surface area contributed by atoms with Crippen LogP contribution in [0.5, 0.6) is 0 Å². The van der Waals surface area contributed by atoms with E-state index in [2.05, 4.69) is 0 Å². The normalized spacial score (nSPS) is 10.8. The summed E-state index contributed by atoms with van der Waals surface area (Å²) in [4.78, 5) is 13.5. The Morgan fingerprint density at radius 1 is 1.24 bits per heavy atom. The molecule has 0 fully saturated rings. The molecule has 0 aliphatic carbocycles. The summed E-state index contributed by atoms with van der Waals surface area (Å²) in [6, 6.07) is 5.26. The van der Waals surface area contributed by atoms with Crippen molar-refractivity contribution in [1.29, 1.82) is 0 Å². The van der Waals surface area contributed by atoms with Crippen LogP contribution in [0.4, 0.5) is 0 Å². The first-order chi connectivity index (χ1) is 8.10. The molecule has 1 rings (SSSR count). The molecule has 0 aliphatic heterocycles. The van der Waals surface area contributed by atoms with Gasteiger partial charge in [0.05, 0.1) is 0 Å². The highest BCUT2D eigenvalue weighted by Gasteiger charge is 2.06. The van der Waals surface area contributed by atoms with Crippen LogP contribution in [-0.2, 0) is 4.79 Å². The molecule has 0 bridgehead atoms. The summed E-state index contributed by atoms with van der Waals surface area (Å²) in [7, 11) is 0. The zero-order valence-corrected chi connectivity index (χ0v) is 11.4. The second-order valence-corrected chi connectivity index (χ2v) is 4.29. The average molecular weight is 272 g/mol. The zero-order valence-electron chi connectivity index (χ0n) is 9.91. The maximum atomic E-state index is 11.8. The molecule has 0 spiro atoms. The summed E-state index contributed by atoms with van der Waals surface area (Å²) in [5, 5.41) is 1.09. The molecule has 17 heavy (non-hydrogen) atoms. The Kier molecular flexibility index (Phi) is 5.52. The molecule has 2 nitrogen and oxygen atoms in total. The quantitative estimate of drug-likeness (QED) is 0.762. The number of carbonyl (C=O) groups is 1. The van der Waals surface area contributed by atoms with Crippen molar-refractivity contribution in [3.05, 3.63) is 39.9 Å². The molecule has 0 radical (unpaired) electrons. The molecule has 1 aromatic carbocycles. The highest BCUT2D eigenvalue weighted by molar-refractivity contribution is 6.37. The van der Waals surface area contributed by atoms with E-state index >= 15 is 0 Å². The Labute approximate surface area is 112 Å². The molecule has 0 aromatic heterocycles. The van der Waals surface area contributed by atoms with Crippen molar-refractivity contribution < 1.29 is 4.79 Å². The van der Waals surface area contributed by atoms with Gasteiger partial charge in [-0.2, -0.15) is 0 Å². The van der Waals surface area contributed by atoms with E-state index < -0.39 is 0 Å². The Hall–Kier alpha value is -0.990. The number of hydrogen-bond acceptors (Lipinski definition) is 1. The van der Waals surface area contributed by atoms with Gasteiger partial charge in [0.25, 0.3) is 0 Å². The standard InChI is InChI=1S/C13H15Cl2NO/c1-3-16(4-2)13(17)9-8-10-11(14)6-5-7-12(10)15/h5-9H,3-4H2,1-2H3. The first-order valence-electron chi connectivity index (χ1n) is 5.51. The number of amides is 1. The molecule has 0 aliphatic rings. The van der Waals surface area contributed by atoms with E-state index in [1.807, 2.05) is 13.8 Å². The first kappa shape index (κ1) is 14.1. The lowest BCUT2D eigenvalue weighted by Crippen LogP contribution is -2.28. The van der Waals surface area contributed by atoms with Gasteiger partial charge in [0, 0.05) is 34.8 Å². The van der Waals surface area contributed by atoms with E-state index in [0.717, 1.165) is 0 Å². The fraction of sp³-hybridized carbons (Fsp3) is 0.308. The summed E-state index contributed by atoms with van der Waals surface area (Å²) in [5.41, 5.74) is 0.677. The van der Waals surface area contributed by atoms with E-state index in [4.69, 9.17) is 23.2 Å². The summed E-state index contributed by atoms with van der Waals surface area (Å²) >= 11 is 12.0. The molecule has 0 saturated heterocycles. The maximum Gasteiger partial charge on any atom is 0.246 e. The SMILES string of the molecule is CCN(CC)C(=O)C=Cc1c(Cl)cccc1Cl. The molecule has 0 atom stereocenters. The van der Waals surface area contributed by atoms with E-state index in [-0.39, 0.29) is 5.91 Å². The monoisotopic (exact) mass is 271 g/mol. The Bertz CT molecular complexity index is 405. The lowest BCUT2D eigenvalue weighted by Gasteiger charge is -2.15. The largest absolute Gasteiger partial charge is 0.340 e. The van der Waals surface area contributed by atoms with Crippen molar-refractivity contribution in [2.75, 3.05) is 13.1 Å². The van der Waals surface area contributed by atoms with Gasteiger partial charge in [-0.15, -0.1) is 0 Å². The van der Waals surface area contributed by atoms with E-state index in [1.165, 1.54) is 6.08 Å². The van der Waals surface area contributed by atoms with Gasteiger partial charge in [-0.05, 0) is 32.1 Å². The minimum atomic E-state index is -0.0361. The van der Waals surface area contributed by atoms with Crippen molar-refractivity contribution in [2.45, 2.75) is 13.8 Å². The highest BCUT2D eigenvalue weighted by atomic mass is 35.5. The smallest absolute Gasteiger partial charge is 0.246 e. The van der Waals surface area contributed by atoms with Gasteiger partial charge in [-0.1, -0.05) is 29.3 Å². The Morgan fingerprint density at radius 3 is 2.24 bits per heavy atom. The summed E-state index contributed by atoms with van der Waals surface area (Å²) < 4.78 is 0. The molecule has 1 aromatic rings. The summed E-state index contributed by atoms with van der Waals surface area (Å²) in [6.07, 6.45) is 3.16. The van der Waals surface area contributed by atoms with Gasteiger partial charge in [0.15, 0.2) is 0 Å². The second kappa shape index (κ2) is 6.67. The summed E-state index contributed by atoms with van der Waals surface area (Å²) in [6.45, 7) is 5.27. The molecule has 0 saturated carbocycles. The minimum absolute atomic E-state index is 0.0361. The maximum absolute atomic E-state index is 11.8. The third kappa shape index (κ3) is 3.76. The molecular formula is C13H15Cl2NO. The molecule has 4 heteroatoms. The van der Waals surface area contributed by atoms with E-state index in [1.54, 1.807) is 29.2 Å². The van der Waals surface area contributed by atoms with Crippen LogP contribution in [-0.4, -0.2) is 23.9 Å². The third-order valence-corrected chi connectivity index (χ3v) is 3.13. The highest BCUT2D eigenvalue weighted by Crippen LogP contribution is 2.25. The van der Waals surface area contributed by atoms with Crippen molar-refractivity contribution in [3.63, 3.8) is 0 Å². The minimum Gasteiger partial charge on any atom is -0.340 e. The second-order valence-electron chi connectivity index (χ2n) is 3.48. The molecule has 92 valence electrons. The number of rotatable bonds is 4. The van der Waals surface area contributed by atoms with Gasteiger partial charge in [-0.3, -0.25) is 4.79 Å². The fourth-order valence-electron chi connectivity index (χ4n) is 1.47. The fourth-order valence-corrected chi connectivity index (χ4v) is 1.99. The van der Waals surface area contributed by atoms with E-state index in [0.29, 0.717) is 28.7 Å². The topological polar surface area (TPSA) is 20.3 Å². The van der Waals surface area contributed by atoms with Crippen LogP contribution in [0.2, 0.25) is 10.0 Å². The molecular weight excluding hydrogens is 257 g/mol. The van der Waals surface area contributed by atoms with Gasteiger partial charge < -0.3 is 4.90 Å². The molecule has 1 amide bonds. The average Bonchev–Trinajstić information content (AvgIpc) is 2.30. The predicted octanol–water partition coefficient (Wildman–Crippen LogP) is 3.88. The summed E-state index contributed by atoms with van der Waals surface area (Å²) in [5.74, 6) is -0.0361.